The molecule has 0 aromatic carbocycles. The number of rotatable bonds is 3. The molecule has 1 aliphatic rings. The van der Waals surface area contributed by atoms with Crippen molar-refractivity contribution in [3.8, 4) is 0 Å². The molecule has 1 atom stereocenters. The van der Waals surface area contributed by atoms with E-state index in [1.54, 1.807) is 14.0 Å². The zero-order valence-corrected chi connectivity index (χ0v) is 9.88. The molecule has 0 saturated carbocycles. The third kappa shape index (κ3) is 2.52. The second-order valence-electron chi connectivity index (χ2n) is 4.09. The van der Waals surface area contributed by atoms with E-state index >= 15 is 0 Å². The van der Waals surface area contributed by atoms with Gasteiger partial charge in [0.05, 0.1) is 6.10 Å². The third-order valence-corrected chi connectivity index (χ3v) is 2.82. The van der Waals surface area contributed by atoms with Gasteiger partial charge >= 0.3 is 5.97 Å². The lowest BCUT2D eigenvalue weighted by Gasteiger charge is -2.16. The molecular formula is C11H15N3O3. The number of aromatic nitrogens is 2. The molecule has 1 aromatic heterocycles. The van der Waals surface area contributed by atoms with Crippen LogP contribution in [0.5, 0.6) is 0 Å². The van der Waals surface area contributed by atoms with Crippen LogP contribution in [0.2, 0.25) is 0 Å². The summed E-state index contributed by atoms with van der Waals surface area (Å²) in [5, 5.41) is 8.94. The van der Waals surface area contributed by atoms with Gasteiger partial charge in [-0.25, -0.2) is 14.8 Å². The highest BCUT2D eigenvalue weighted by Gasteiger charge is 2.24. The Morgan fingerprint density at radius 2 is 2.35 bits per heavy atom. The SMILES string of the molecule is COC1CCN(c2nc(C)cc(C(=O)O)n2)C1. The number of ether oxygens (including phenoxy) is 1. The topological polar surface area (TPSA) is 75.5 Å². The van der Waals surface area contributed by atoms with Crippen LogP contribution < -0.4 is 4.90 Å². The Morgan fingerprint density at radius 1 is 1.59 bits per heavy atom. The third-order valence-electron chi connectivity index (χ3n) is 2.82. The first-order valence-corrected chi connectivity index (χ1v) is 5.47. The molecule has 1 unspecified atom stereocenters. The fourth-order valence-corrected chi connectivity index (χ4v) is 1.91. The molecule has 92 valence electrons. The maximum absolute atomic E-state index is 10.9. The van der Waals surface area contributed by atoms with Crippen LogP contribution in [0.25, 0.3) is 0 Å². The largest absolute Gasteiger partial charge is 0.477 e. The van der Waals surface area contributed by atoms with Gasteiger partial charge in [0.1, 0.15) is 0 Å². The first kappa shape index (κ1) is 11.8. The summed E-state index contributed by atoms with van der Waals surface area (Å²) in [7, 11) is 1.67. The fraction of sp³-hybridized carbons (Fsp3) is 0.545. The molecule has 0 radical (unpaired) electrons. The molecule has 2 heterocycles. The predicted octanol–water partition coefficient (Wildman–Crippen LogP) is 0.708. The summed E-state index contributed by atoms with van der Waals surface area (Å²) in [5.41, 5.74) is 0.696. The zero-order chi connectivity index (χ0) is 12.4. The monoisotopic (exact) mass is 237 g/mol. The van der Waals surface area contributed by atoms with Crippen molar-refractivity contribution in [3.05, 3.63) is 17.5 Å². The van der Waals surface area contributed by atoms with Crippen molar-refractivity contribution in [3.63, 3.8) is 0 Å². The number of hydrogen-bond acceptors (Lipinski definition) is 5. The average Bonchev–Trinajstić information content (AvgIpc) is 2.76. The van der Waals surface area contributed by atoms with Crippen molar-refractivity contribution in [1.29, 1.82) is 0 Å². The number of methoxy groups -OCH3 is 1. The molecule has 6 heteroatoms. The van der Waals surface area contributed by atoms with E-state index < -0.39 is 5.97 Å². The maximum atomic E-state index is 10.9. The van der Waals surface area contributed by atoms with Gasteiger partial charge in [0.2, 0.25) is 5.95 Å². The number of carboxylic acids is 1. The van der Waals surface area contributed by atoms with Crippen LogP contribution in [0.4, 0.5) is 5.95 Å². The summed E-state index contributed by atoms with van der Waals surface area (Å²) < 4.78 is 5.26. The Kier molecular flexibility index (Phi) is 3.23. The summed E-state index contributed by atoms with van der Waals surface area (Å²) >= 11 is 0. The minimum Gasteiger partial charge on any atom is -0.477 e. The van der Waals surface area contributed by atoms with Crippen molar-refractivity contribution in [2.45, 2.75) is 19.4 Å². The lowest BCUT2D eigenvalue weighted by atomic mass is 10.3. The van der Waals surface area contributed by atoms with Crippen LogP contribution in [0.1, 0.15) is 22.6 Å². The maximum Gasteiger partial charge on any atom is 0.354 e. The summed E-state index contributed by atoms with van der Waals surface area (Å²) in [5.74, 6) is -0.554. The Hall–Kier alpha value is -1.69. The van der Waals surface area contributed by atoms with Gasteiger partial charge in [0.25, 0.3) is 0 Å². The second-order valence-corrected chi connectivity index (χ2v) is 4.09. The molecule has 0 amide bonds. The molecule has 0 aliphatic carbocycles. The highest BCUT2D eigenvalue weighted by atomic mass is 16.5. The van der Waals surface area contributed by atoms with E-state index in [1.165, 1.54) is 6.07 Å². The van der Waals surface area contributed by atoms with Crippen LogP contribution in [-0.2, 0) is 4.74 Å². The van der Waals surface area contributed by atoms with E-state index in [1.807, 2.05) is 4.90 Å². The lowest BCUT2D eigenvalue weighted by Crippen LogP contribution is -2.25. The van der Waals surface area contributed by atoms with Crippen LogP contribution >= 0.6 is 0 Å². The van der Waals surface area contributed by atoms with Gasteiger partial charge in [-0.05, 0) is 19.4 Å². The van der Waals surface area contributed by atoms with Crippen LogP contribution in [-0.4, -0.2) is 47.3 Å². The Balaban J connectivity index is 2.24. The molecule has 6 nitrogen and oxygen atoms in total. The number of carboxylic acid groups (broad SMARTS) is 1. The summed E-state index contributed by atoms with van der Waals surface area (Å²) in [6.45, 7) is 3.27. The molecule has 17 heavy (non-hydrogen) atoms. The van der Waals surface area contributed by atoms with Crippen molar-refractivity contribution in [2.75, 3.05) is 25.1 Å². The normalized spacial score (nSPS) is 19.6. The number of aromatic carboxylic acids is 1. The summed E-state index contributed by atoms with van der Waals surface area (Å²) in [4.78, 5) is 21.2. The lowest BCUT2D eigenvalue weighted by molar-refractivity contribution is 0.0690. The summed E-state index contributed by atoms with van der Waals surface area (Å²) in [6.07, 6.45) is 1.09. The van der Waals surface area contributed by atoms with Gasteiger partial charge in [0.15, 0.2) is 5.69 Å². The van der Waals surface area contributed by atoms with Gasteiger partial charge in [-0.2, -0.15) is 0 Å². The second kappa shape index (κ2) is 4.67. The number of anilines is 1. The van der Waals surface area contributed by atoms with E-state index in [2.05, 4.69) is 9.97 Å². The predicted molar refractivity (Wildman–Crippen MR) is 61.4 cm³/mol. The molecule has 1 aliphatic heterocycles. The molecular weight excluding hydrogens is 222 g/mol. The molecule has 2 rings (SSSR count). The van der Waals surface area contributed by atoms with Crippen LogP contribution in [0.15, 0.2) is 6.07 Å². The van der Waals surface area contributed by atoms with E-state index in [0.29, 0.717) is 18.2 Å². The van der Waals surface area contributed by atoms with E-state index in [4.69, 9.17) is 9.84 Å². The number of carbonyl (C=O) groups is 1. The smallest absolute Gasteiger partial charge is 0.354 e. The molecule has 0 bridgehead atoms. The minimum absolute atomic E-state index is 0.0355. The highest BCUT2D eigenvalue weighted by Crippen LogP contribution is 2.18. The minimum atomic E-state index is -1.03. The zero-order valence-electron chi connectivity index (χ0n) is 9.88. The van der Waals surface area contributed by atoms with Gasteiger partial charge in [-0.15, -0.1) is 0 Å². The number of aryl methyl sites for hydroxylation is 1. The van der Waals surface area contributed by atoms with Gasteiger partial charge in [0, 0.05) is 25.9 Å². The van der Waals surface area contributed by atoms with E-state index in [-0.39, 0.29) is 11.8 Å². The first-order valence-electron chi connectivity index (χ1n) is 5.47. The van der Waals surface area contributed by atoms with Crippen molar-refractivity contribution >= 4 is 11.9 Å². The molecule has 0 spiro atoms. The van der Waals surface area contributed by atoms with Crippen LogP contribution in [0.3, 0.4) is 0 Å². The first-order chi connectivity index (χ1) is 8.10. The fourth-order valence-electron chi connectivity index (χ4n) is 1.91. The Bertz CT molecular complexity index is 436. The Morgan fingerprint density at radius 3 is 2.94 bits per heavy atom. The number of nitrogens with zero attached hydrogens (tertiary/aromatic N) is 3. The van der Waals surface area contributed by atoms with E-state index in [9.17, 15) is 4.79 Å². The van der Waals surface area contributed by atoms with Crippen LogP contribution in [0, 0.1) is 6.92 Å². The van der Waals surface area contributed by atoms with E-state index in [0.717, 1.165) is 13.0 Å². The molecule has 1 N–H and O–H groups in total. The van der Waals surface area contributed by atoms with Crippen molar-refractivity contribution in [1.82, 2.24) is 9.97 Å². The van der Waals surface area contributed by atoms with Gasteiger partial charge < -0.3 is 14.7 Å². The molecule has 1 aromatic rings. The summed E-state index contributed by atoms with van der Waals surface area (Å²) in [6, 6.07) is 1.47. The van der Waals surface area contributed by atoms with Gasteiger partial charge in [-0.1, -0.05) is 0 Å². The average molecular weight is 237 g/mol. The van der Waals surface area contributed by atoms with Crippen molar-refractivity contribution < 1.29 is 14.6 Å². The highest BCUT2D eigenvalue weighted by molar-refractivity contribution is 5.85. The molecule has 1 saturated heterocycles. The standard InChI is InChI=1S/C11H15N3O3/c1-7-5-9(10(15)16)13-11(12-7)14-4-3-8(6-14)17-2/h5,8H,3-4,6H2,1-2H3,(H,15,16). The quantitative estimate of drug-likeness (QED) is 0.834. The van der Waals surface area contributed by atoms with Crippen molar-refractivity contribution in [2.24, 2.45) is 0 Å². The Labute approximate surface area is 99.2 Å². The van der Waals surface area contributed by atoms with Gasteiger partial charge in [-0.3, -0.25) is 0 Å². The molecule has 1 fully saturated rings. The number of hydrogen-bond donors (Lipinski definition) is 1.